The Labute approximate surface area is 133 Å². The first kappa shape index (κ1) is 16.7. The molecule has 0 unspecified atom stereocenters. The van der Waals surface area contributed by atoms with Crippen molar-refractivity contribution < 1.29 is 14.0 Å². The highest BCUT2D eigenvalue weighted by Crippen LogP contribution is 2.37. The average molecular weight is 319 g/mol. The molecule has 120 valence electrons. The number of hydrogen-bond acceptors (Lipinski definition) is 3. The van der Waals surface area contributed by atoms with E-state index >= 15 is 0 Å². The average Bonchev–Trinajstić information content (AvgIpc) is 2.68. The number of carbonyl (C=O) groups excluding carboxylic acids is 2. The van der Waals surface area contributed by atoms with Gasteiger partial charge in [0.25, 0.3) is 0 Å². The fourth-order valence-electron chi connectivity index (χ4n) is 2.15. The van der Waals surface area contributed by atoms with Crippen LogP contribution in [0.5, 0.6) is 5.75 Å². The summed E-state index contributed by atoms with van der Waals surface area (Å²) in [6, 6.07) is 7.48. The van der Waals surface area contributed by atoms with Gasteiger partial charge >= 0.3 is 0 Å². The maximum absolute atomic E-state index is 11.7. The van der Waals surface area contributed by atoms with Gasteiger partial charge in [-0.2, -0.15) is 0 Å². The Balaban J connectivity index is 2.02. The molecular weight excluding hydrogens is 294 g/mol. The molecule has 1 atom stereocenters. The van der Waals surface area contributed by atoms with Gasteiger partial charge in [-0.05, 0) is 42.2 Å². The second-order valence-corrected chi connectivity index (χ2v) is 12.2. The van der Waals surface area contributed by atoms with Gasteiger partial charge in [-0.25, -0.2) is 0 Å². The summed E-state index contributed by atoms with van der Waals surface area (Å²) >= 11 is 0. The van der Waals surface area contributed by atoms with Crippen LogP contribution < -0.4 is 9.74 Å². The van der Waals surface area contributed by atoms with E-state index in [0.717, 1.165) is 11.3 Å². The predicted octanol–water partition coefficient (Wildman–Crippen LogP) is 3.07. The van der Waals surface area contributed by atoms with E-state index in [9.17, 15) is 9.59 Å². The van der Waals surface area contributed by atoms with Gasteiger partial charge in [0.15, 0.2) is 5.78 Å². The molecule has 22 heavy (non-hydrogen) atoms. The monoisotopic (exact) mass is 319 g/mol. The summed E-state index contributed by atoms with van der Waals surface area (Å²) in [5.41, 5.74) is 1.03. The van der Waals surface area contributed by atoms with Crippen LogP contribution in [0.2, 0.25) is 18.1 Å². The molecule has 0 aliphatic carbocycles. The third-order valence-electron chi connectivity index (χ3n) is 4.60. The van der Waals surface area contributed by atoms with E-state index < -0.39 is 8.32 Å². The summed E-state index contributed by atoms with van der Waals surface area (Å²) in [5.74, 6) is 0.677. The smallest absolute Gasteiger partial charge is 0.250 e. The first-order valence-corrected chi connectivity index (χ1v) is 10.6. The molecule has 2 rings (SSSR count). The molecule has 1 fully saturated rings. The fraction of sp³-hybridized carbons (Fsp3) is 0.529. The zero-order valence-electron chi connectivity index (χ0n) is 14.0. The van der Waals surface area contributed by atoms with Crippen LogP contribution in [0.25, 0.3) is 0 Å². The molecule has 1 aromatic carbocycles. The third kappa shape index (κ3) is 3.77. The van der Waals surface area contributed by atoms with Gasteiger partial charge in [0, 0.05) is 0 Å². The van der Waals surface area contributed by atoms with Crippen molar-refractivity contribution in [2.24, 2.45) is 0 Å². The van der Waals surface area contributed by atoms with Crippen molar-refractivity contribution in [3.8, 4) is 5.75 Å². The quantitative estimate of drug-likeness (QED) is 0.685. The molecule has 0 spiro atoms. The Morgan fingerprint density at radius 3 is 2.23 bits per heavy atom. The van der Waals surface area contributed by atoms with Crippen molar-refractivity contribution in [2.75, 3.05) is 0 Å². The van der Waals surface area contributed by atoms with Crippen LogP contribution in [-0.2, 0) is 16.0 Å². The normalized spacial score (nSPS) is 19.2. The Hall–Kier alpha value is -1.62. The van der Waals surface area contributed by atoms with Crippen LogP contribution in [0, 0.1) is 0 Å². The Kier molecular flexibility index (Phi) is 4.47. The van der Waals surface area contributed by atoms with E-state index in [4.69, 9.17) is 4.43 Å². The van der Waals surface area contributed by atoms with E-state index in [0.29, 0.717) is 6.42 Å². The van der Waals surface area contributed by atoms with Gasteiger partial charge in [-0.1, -0.05) is 32.9 Å². The lowest BCUT2D eigenvalue weighted by Crippen LogP contribution is -2.43. The van der Waals surface area contributed by atoms with E-state index in [1.807, 2.05) is 24.3 Å². The molecular formula is C17H25NO3Si. The minimum absolute atomic E-state index is 0.0111. The SMILES string of the molecule is CC(C)(C)[Si](C)(C)Oc1ccc(C[C@H]2NC(=O)CC2=O)cc1. The number of benzene rings is 1. The van der Waals surface area contributed by atoms with Crippen LogP contribution in [0.1, 0.15) is 32.8 Å². The zero-order chi connectivity index (χ0) is 16.5. The van der Waals surface area contributed by atoms with Gasteiger partial charge in [-0.3, -0.25) is 9.59 Å². The Morgan fingerprint density at radius 1 is 1.18 bits per heavy atom. The topological polar surface area (TPSA) is 55.4 Å². The number of nitrogens with one attached hydrogen (secondary N) is 1. The second kappa shape index (κ2) is 5.87. The summed E-state index contributed by atoms with van der Waals surface area (Å²) in [7, 11) is -1.83. The number of carbonyl (C=O) groups is 2. The van der Waals surface area contributed by atoms with Crippen LogP contribution >= 0.6 is 0 Å². The molecule has 1 aliphatic heterocycles. The highest BCUT2D eigenvalue weighted by Gasteiger charge is 2.39. The summed E-state index contributed by atoms with van der Waals surface area (Å²) in [4.78, 5) is 22.9. The Morgan fingerprint density at radius 2 is 1.77 bits per heavy atom. The highest BCUT2D eigenvalue weighted by molar-refractivity contribution is 6.74. The zero-order valence-corrected chi connectivity index (χ0v) is 15.0. The maximum atomic E-state index is 11.7. The lowest BCUT2D eigenvalue weighted by molar-refractivity contribution is -0.122. The summed E-state index contributed by atoms with van der Waals surface area (Å²) in [6.45, 7) is 11.1. The van der Waals surface area contributed by atoms with Crippen LogP contribution in [0.4, 0.5) is 0 Å². The van der Waals surface area contributed by atoms with Crippen molar-refractivity contribution in [3.63, 3.8) is 0 Å². The number of Topliss-reactive ketones (excluding diaryl/α,β-unsaturated/α-hetero) is 1. The van der Waals surface area contributed by atoms with Crippen LogP contribution in [0.3, 0.4) is 0 Å². The van der Waals surface area contributed by atoms with E-state index in [-0.39, 0.29) is 29.2 Å². The maximum Gasteiger partial charge on any atom is 0.250 e. The molecule has 1 heterocycles. The van der Waals surface area contributed by atoms with Crippen molar-refractivity contribution in [3.05, 3.63) is 29.8 Å². The second-order valence-electron chi connectivity index (χ2n) is 7.47. The van der Waals surface area contributed by atoms with Gasteiger partial charge in [0.1, 0.15) is 5.75 Å². The van der Waals surface area contributed by atoms with Gasteiger partial charge in [-0.15, -0.1) is 0 Å². The largest absolute Gasteiger partial charge is 0.544 e. The van der Waals surface area contributed by atoms with Crippen LogP contribution in [-0.4, -0.2) is 26.0 Å². The minimum Gasteiger partial charge on any atom is -0.544 e. The first-order chi connectivity index (χ1) is 10.1. The molecule has 0 radical (unpaired) electrons. The van der Waals surface area contributed by atoms with Gasteiger partial charge < -0.3 is 9.74 Å². The molecule has 1 aliphatic rings. The highest BCUT2D eigenvalue weighted by atomic mass is 28.4. The van der Waals surface area contributed by atoms with Gasteiger partial charge in [0.05, 0.1) is 12.5 Å². The summed E-state index contributed by atoms with van der Waals surface area (Å²) in [6.07, 6.45) is 0.558. The summed E-state index contributed by atoms with van der Waals surface area (Å²) in [5, 5.41) is 2.87. The van der Waals surface area contributed by atoms with Crippen molar-refractivity contribution >= 4 is 20.0 Å². The standard InChI is InChI=1S/C17H25NO3Si/c1-17(2,3)22(4,5)21-13-8-6-12(7-9-13)10-14-15(19)11-16(20)18-14/h6-9,14H,10-11H2,1-5H3,(H,18,20)/t14-/m1/s1. The lowest BCUT2D eigenvalue weighted by Gasteiger charge is -2.36. The van der Waals surface area contributed by atoms with E-state index in [2.05, 4.69) is 39.2 Å². The molecule has 4 nitrogen and oxygen atoms in total. The predicted molar refractivity (Wildman–Crippen MR) is 89.5 cm³/mol. The number of hydrogen-bond donors (Lipinski definition) is 1. The van der Waals surface area contributed by atoms with Crippen LogP contribution in [0.15, 0.2) is 24.3 Å². The molecule has 1 saturated heterocycles. The van der Waals surface area contributed by atoms with Crippen molar-refractivity contribution in [2.45, 2.75) is 57.8 Å². The number of amides is 1. The minimum atomic E-state index is -1.83. The molecule has 1 aromatic rings. The molecule has 1 amide bonds. The number of ketones is 1. The molecule has 0 bridgehead atoms. The summed E-state index contributed by atoms with van der Waals surface area (Å²) < 4.78 is 6.23. The fourth-order valence-corrected chi connectivity index (χ4v) is 3.18. The number of rotatable bonds is 4. The lowest BCUT2D eigenvalue weighted by atomic mass is 10.0. The molecule has 5 heteroatoms. The molecule has 0 aromatic heterocycles. The molecule has 0 saturated carbocycles. The van der Waals surface area contributed by atoms with E-state index in [1.165, 1.54) is 0 Å². The first-order valence-electron chi connectivity index (χ1n) is 7.68. The Bertz CT molecular complexity index is 573. The third-order valence-corrected chi connectivity index (χ3v) is 8.96. The van der Waals surface area contributed by atoms with E-state index in [1.54, 1.807) is 0 Å². The molecule has 1 N–H and O–H groups in total. The van der Waals surface area contributed by atoms with Gasteiger partial charge in [0.2, 0.25) is 14.2 Å². The van der Waals surface area contributed by atoms with Crippen molar-refractivity contribution in [1.82, 2.24) is 5.32 Å². The van der Waals surface area contributed by atoms with Crippen molar-refractivity contribution in [1.29, 1.82) is 0 Å².